The van der Waals surface area contributed by atoms with Crippen LogP contribution in [0.15, 0.2) is 59.5 Å². The summed E-state index contributed by atoms with van der Waals surface area (Å²) >= 11 is 0. The molecule has 0 heterocycles. The highest BCUT2D eigenvalue weighted by atomic mass is 32.2. The van der Waals surface area contributed by atoms with Gasteiger partial charge in [0.2, 0.25) is 10.0 Å². The highest BCUT2D eigenvalue weighted by molar-refractivity contribution is 7.89. The van der Waals surface area contributed by atoms with Crippen molar-refractivity contribution < 1.29 is 17.9 Å². The second-order valence-corrected chi connectivity index (χ2v) is 8.93. The molecular formula is C21H26N2O4S. The fraction of sp³-hybridized carbons (Fsp3) is 0.381. The predicted octanol–water partition coefficient (Wildman–Crippen LogP) is 3.66. The molecule has 2 aromatic carbocycles. The van der Waals surface area contributed by atoms with E-state index in [2.05, 4.69) is 5.32 Å². The molecule has 0 radical (unpaired) electrons. The smallest absolute Gasteiger partial charge is 0.262 e. The van der Waals surface area contributed by atoms with E-state index in [9.17, 15) is 13.2 Å². The van der Waals surface area contributed by atoms with Crippen LogP contribution < -0.4 is 10.1 Å². The summed E-state index contributed by atoms with van der Waals surface area (Å²) in [4.78, 5) is 12.4. The zero-order valence-corrected chi connectivity index (χ0v) is 16.8. The van der Waals surface area contributed by atoms with E-state index in [1.54, 1.807) is 37.4 Å². The lowest BCUT2D eigenvalue weighted by molar-refractivity contribution is -0.118. The number of carbonyl (C=O) groups excluding carboxylic acids is 1. The summed E-state index contributed by atoms with van der Waals surface area (Å²) in [5, 5.41) is 2.67. The molecule has 0 atom stereocenters. The summed E-state index contributed by atoms with van der Waals surface area (Å²) in [6.45, 7) is -0.198. The van der Waals surface area contributed by atoms with Crippen LogP contribution in [0.2, 0.25) is 0 Å². The lowest BCUT2D eigenvalue weighted by Gasteiger charge is -2.30. The van der Waals surface area contributed by atoms with Crippen molar-refractivity contribution in [3.05, 3.63) is 54.6 Å². The molecule has 1 N–H and O–H groups in total. The molecule has 150 valence electrons. The van der Waals surface area contributed by atoms with Gasteiger partial charge in [0.15, 0.2) is 6.61 Å². The Hall–Kier alpha value is -2.38. The van der Waals surface area contributed by atoms with Crippen molar-refractivity contribution in [2.45, 2.75) is 43.0 Å². The highest BCUT2D eigenvalue weighted by Crippen LogP contribution is 2.29. The third kappa shape index (κ3) is 4.91. The molecule has 1 fully saturated rings. The van der Waals surface area contributed by atoms with Crippen molar-refractivity contribution in [2.24, 2.45) is 0 Å². The average Bonchev–Trinajstić information content (AvgIpc) is 2.73. The molecule has 2 aromatic rings. The fourth-order valence-corrected chi connectivity index (χ4v) is 5.00. The number of rotatable bonds is 7. The number of hydrogen-bond donors (Lipinski definition) is 1. The molecule has 28 heavy (non-hydrogen) atoms. The molecule has 0 unspecified atom stereocenters. The quantitative estimate of drug-likeness (QED) is 0.767. The van der Waals surface area contributed by atoms with E-state index in [-0.39, 0.29) is 23.2 Å². The number of carbonyl (C=O) groups is 1. The zero-order chi connectivity index (χ0) is 20.0. The summed E-state index contributed by atoms with van der Waals surface area (Å²) in [5.41, 5.74) is 0.270. The molecule has 0 aliphatic heterocycles. The summed E-state index contributed by atoms with van der Waals surface area (Å²) in [5.74, 6) is 0.169. The monoisotopic (exact) mass is 402 g/mol. The number of amides is 1. The first kappa shape index (κ1) is 20.4. The minimum absolute atomic E-state index is 0.00363. The number of anilines is 1. The van der Waals surface area contributed by atoms with Crippen molar-refractivity contribution in [2.75, 3.05) is 19.0 Å². The molecule has 1 amide bonds. The number of hydrogen-bond acceptors (Lipinski definition) is 4. The number of nitrogens with zero attached hydrogens (tertiary/aromatic N) is 1. The van der Waals surface area contributed by atoms with Gasteiger partial charge in [-0.3, -0.25) is 4.79 Å². The van der Waals surface area contributed by atoms with E-state index >= 15 is 0 Å². The van der Waals surface area contributed by atoms with Gasteiger partial charge in [0, 0.05) is 13.1 Å². The Morgan fingerprint density at radius 2 is 1.68 bits per heavy atom. The van der Waals surface area contributed by atoms with Crippen molar-refractivity contribution in [3.8, 4) is 5.75 Å². The van der Waals surface area contributed by atoms with E-state index in [0.717, 1.165) is 32.1 Å². The minimum Gasteiger partial charge on any atom is -0.484 e. The van der Waals surface area contributed by atoms with Gasteiger partial charge in [-0.1, -0.05) is 49.6 Å². The molecule has 0 aromatic heterocycles. The van der Waals surface area contributed by atoms with E-state index in [4.69, 9.17) is 4.74 Å². The van der Waals surface area contributed by atoms with Crippen LogP contribution in [0.3, 0.4) is 0 Å². The van der Waals surface area contributed by atoms with Crippen molar-refractivity contribution >= 4 is 21.6 Å². The van der Waals surface area contributed by atoms with Crippen molar-refractivity contribution in [1.82, 2.24) is 4.31 Å². The Balaban J connectivity index is 1.72. The molecule has 7 heteroatoms. The molecule has 1 aliphatic carbocycles. The van der Waals surface area contributed by atoms with E-state index in [1.807, 2.05) is 18.2 Å². The molecule has 1 saturated carbocycles. The van der Waals surface area contributed by atoms with Gasteiger partial charge >= 0.3 is 0 Å². The maximum Gasteiger partial charge on any atom is 0.262 e. The van der Waals surface area contributed by atoms with Gasteiger partial charge in [0.1, 0.15) is 10.6 Å². The lowest BCUT2D eigenvalue weighted by atomic mass is 9.96. The predicted molar refractivity (Wildman–Crippen MR) is 109 cm³/mol. The molecule has 0 bridgehead atoms. The van der Waals surface area contributed by atoms with Gasteiger partial charge < -0.3 is 10.1 Å². The van der Waals surface area contributed by atoms with Gasteiger partial charge in [-0.05, 0) is 37.1 Å². The number of benzene rings is 2. The molecule has 0 saturated heterocycles. The van der Waals surface area contributed by atoms with Gasteiger partial charge in [-0.2, -0.15) is 4.31 Å². The molecule has 1 aliphatic rings. The largest absolute Gasteiger partial charge is 0.484 e. The summed E-state index contributed by atoms with van der Waals surface area (Å²) in [6, 6.07) is 15.5. The van der Waals surface area contributed by atoms with Gasteiger partial charge in [0.25, 0.3) is 5.91 Å². The van der Waals surface area contributed by atoms with Crippen LogP contribution in [0.5, 0.6) is 5.75 Å². The number of sulfonamides is 1. The van der Waals surface area contributed by atoms with Crippen LogP contribution in [0.4, 0.5) is 5.69 Å². The standard InChI is InChI=1S/C21H26N2O4S/c1-23(17-10-4-2-5-11-17)28(25,26)20-15-9-8-14-19(20)22-21(24)16-27-18-12-6-3-7-13-18/h3,6-9,12-15,17H,2,4-5,10-11,16H2,1H3,(H,22,24). The Bertz CT molecular complexity index is 894. The fourth-order valence-electron chi connectivity index (χ4n) is 3.44. The minimum atomic E-state index is -3.70. The number of nitrogens with one attached hydrogen (secondary N) is 1. The van der Waals surface area contributed by atoms with E-state index in [0.29, 0.717) is 5.75 Å². The average molecular weight is 403 g/mol. The SMILES string of the molecule is CN(C1CCCCC1)S(=O)(=O)c1ccccc1NC(=O)COc1ccccc1. The Labute approximate surface area is 166 Å². The Morgan fingerprint density at radius 1 is 1.04 bits per heavy atom. The number of ether oxygens (including phenoxy) is 1. The van der Waals surface area contributed by atoms with Crippen molar-refractivity contribution in [3.63, 3.8) is 0 Å². The molecular weight excluding hydrogens is 376 g/mol. The molecule has 6 nitrogen and oxygen atoms in total. The lowest BCUT2D eigenvalue weighted by Crippen LogP contribution is -2.38. The second-order valence-electron chi connectivity index (χ2n) is 6.96. The molecule has 3 rings (SSSR count). The molecule has 0 spiro atoms. The third-order valence-electron chi connectivity index (χ3n) is 5.02. The van der Waals surface area contributed by atoms with Gasteiger partial charge in [0.05, 0.1) is 5.69 Å². The first-order chi connectivity index (χ1) is 13.5. The Kier molecular flexibility index (Phi) is 6.70. The highest BCUT2D eigenvalue weighted by Gasteiger charge is 2.30. The van der Waals surface area contributed by atoms with Gasteiger partial charge in [-0.15, -0.1) is 0 Å². The van der Waals surface area contributed by atoms with Gasteiger partial charge in [-0.25, -0.2) is 8.42 Å². The topological polar surface area (TPSA) is 75.7 Å². The second kappa shape index (κ2) is 9.21. The van der Waals surface area contributed by atoms with Crippen LogP contribution in [0, 0.1) is 0 Å². The van der Waals surface area contributed by atoms with Crippen LogP contribution in [-0.2, 0) is 14.8 Å². The van der Waals surface area contributed by atoms with Crippen LogP contribution in [0.25, 0.3) is 0 Å². The van der Waals surface area contributed by atoms with Crippen LogP contribution in [0.1, 0.15) is 32.1 Å². The normalized spacial score (nSPS) is 15.4. The maximum absolute atomic E-state index is 13.2. The van der Waals surface area contributed by atoms with Crippen LogP contribution >= 0.6 is 0 Å². The summed E-state index contributed by atoms with van der Waals surface area (Å²) in [7, 11) is -2.08. The first-order valence-corrected chi connectivity index (χ1v) is 11.0. The van der Waals surface area contributed by atoms with Crippen LogP contribution in [-0.4, -0.2) is 38.3 Å². The summed E-state index contributed by atoms with van der Waals surface area (Å²) < 4.78 is 33.2. The third-order valence-corrected chi connectivity index (χ3v) is 6.99. The van der Waals surface area contributed by atoms with E-state index < -0.39 is 15.9 Å². The summed E-state index contributed by atoms with van der Waals surface area (Å²) in [6.07, 6.45) is 4.97. The van der Waals surface area contributed by atoms with Crippen molar-refractivity contribution in [1.29, 1.82) is 0 Å². The maximum atomic E-state index is 13.2. The zero-order valence-electron chi connectivity index (χ0n) is 16.0. The Morgan fingerprint density at radius 3 is 2.39 bits per heavy atom. The van der Waals surface area contributed by atoms with E-state index in [1.165, 1.54) is 10.4 Å². The first-order valence-electron chi connectivity index (χ1n) is 9.53. The number of para-hydroxylation sites is 2.